The van der Waals surface area contributed by atoms with E-state index in [1.54, 1.807) is 13.3 Å². The third kappa shape index (κ3) is 3.16. The van der Waals surface area contributed by atoms with Crippen molar-refractivity contribution in [2.24, 2.45) is 0 Å². The topological polar surface area (TPSA) is 65.1 Å². The van der Waals surface area contributed by atoms with Crippen LogP contribution in [0, 0.1) is 0 Å². The molecule has 1 heterocycles. The fourth-order valence-electron chi connectivity index (χ4n) is 1.73. The van der Waals surface area contributed by atoms with Crippen molar-refractivity contribution in [3.05, 3.63) is 36.9 Å². The predicted molar refractivity (Wildman–Crippen MR) is 72.7 cm³/mol. The van der Waals surface area contributed by atoms with E-state index in [-0.39, 0.29) is 0 Å². The number of nitrogens with one attached hydrogen (secondary N) is 1. The number of aromatic nitrogens is 2. The Bertz CT molecular complexity index is 482. The van der Waals surface area contributed by atoms with E-state index in [4.69, 9.17) is 10.5 Å². The van der Waals surface area contributed by atoms with Crippen molar-refractivity contribution in [2.45, 2.75) is 13.0 Å². The van der Waals surface area contributed by atoms with E-state index in [0.29, 0.717) is 11.4 Å². The molecule has 0 amide bonds. The van der Waals surface area contributed by atoms with Gasteiger partial charge >= 0.3 is 0 Å². The maximum absolute atomic E-state index is 5.76. The van der Waals surface area contributed by atoms with Crippen LogP contribution in [0.5, 0.6) is 5.75 Å². The van der Waals surface area contributed by atoms with Gasteiger partial charge in [-0.2, -0.15) is 0 Å². The van der Waals surface area contributed by atoms with E-state index in [9.17, 15) is 0 Å². The van der Waals surface area contributed by atoms with Gasteiger partial charge in [0.2, 0.25) is 0 Å². The van der Waals surface area contributed by atoms with Gasteiger partial charge in [-0.05, 0) is 18.6 Å². The molecule has 5 heteroatoms. The van der Waals surface area contributed by atoms with Gasteiger partial charge in [-0.15, -0.1) is 0 Å². The second-order valence-corrected chi connectivity index (χ2v) is 4.04. The van der Waals surface area contributed by atoms with Crippen LogP contribution in [0.2, 0.25) is 0 Å². The highest BCUT2D eigenvalue weighted by atomic mass is 16.5. The number of anilines is 2. The molecular weight excluding hydrogens is 228 g/mol. The smallest absolute Gasteiger partial charge is 0.143 e. The number of aryl methyl sites for hydroxylation is 1. The van der Waals surface area contributed by atoms with Crippen LogP contribution in [0.4, 0.5) is 11.4 Å². The Morgan fingerprint density at radius 2 is 2.33 bits per heavy atom. The minimum atomic E-state index is 0.654. The molecule has 2 aromatic rings. The Kier molecular flexibility index (Phi) is 4.06. The molecule has 3 N–H and O–H groups in total. The second kappa shape index (κ2) is 5.95. The van der Waals surface area contributed by atoms with Crippen molar-refractivity contribution < 1.29 is 4.74 Å². The van der Waals surface area contributed by atoms with Gasteiger partial charge in [0, 0.05) is 37.2 Å². The van der Waals surface area contributed by atoms with E-state index in [0.717, 1.165) is 25.2 Å². The van der Waals surface area contributed by atoms with Crippen LogP contribution in [0.3, 0.4) is 0 Å². The van der Waals surface area contributed by atoms with Gasteiger partial charge in [-0.1, -0.05) is 0 Å². The summed E-state index contributed by atoms with van der Waals surface area (Å²) in [6, 6.07) is 5.71. The molecule has 0 saturated carbocycles. The third-order valence-electron chi connectivity index (χ3n) is 2.71. The number of benzene rings is 1. The molecule has 0 radical (unpaired) electrons. The predicted octanol–water partition coefficient (Wildman–Crippen LogP) is 1.98. The first-order chi connectivity index (χ1) is 8.79. The maximum Gasteiger partial charge on any atom is 0.143 e. The number of nitrogens with zero attached hydrogens (tertiary/aromatic N) is 2. The van der Waals surface area contributed by atoms with E-state index < -0.39 is 0 Å². The number of ether oxygens (including phenoxy) is 1. The number of imidazole rings is 1. The zero-order valence-electron chi connectivity index (χ0n) is 10.5. The van der Waals surface area contributed by atoms with Gasteiger partial charge in [-0.25, -0.2) is 4.98 Å². The van der Waals surface area contributed by atoms with E-state index in [1.165, 1.54) is 0 Å². The molecule has 0 aliphatic heterocycles. The molecule has 96 valence electrons. The van der Waals surface area contributed by atoms with Gasteiger partial charge in [0.1, 0.15) is 5.75 Å². The first-order valence-electron chi connectivity index (χ1n) is 5.92. The van der Waals surface area contributed by atoms with Crippen molar-refractivity contribution in [3.8, 4) is 5.75 Å². The molecule has 0 unspecified atom stereocenters. The number of nitrogens with two attached hydrogens (primary N) is 1. The summed E-state index contributed by atoms with van der Waals surface area (Å²) in [6.07, 6.45) is 6.61. The Morgan fingerprint density at radius 3 is 3.06 bits per heavy atom. The first kappa shape index (κ1) is 12.3. The molecule has 2 rings (SSSR count). The van der Waals surface area contributed by atoms with Gasteiger partial charge in [0.25, 0.3) is 0 Å². The summed E-state index contributed by atoms with van der Waals surface area (Å²) < 4.78 is 7.23. The monoisotopic (exact) mass is 246 g/mol. The molecule has 0 saturated heterocycles. The number of nitrogen functional groups attached to an aromatic ring is 1. The highest BCUT2D eigenvalue weighted by Gasteiger charge is 2.00. The lowest BCUT2D eigenvalue weighted by molar-refractivity contribution is 0.417. The van der Waals surface area contributed by atoms with Crippen molar-refractivity contribution >= 4 is 11.4 Å². The van der Waals surface area contributed by atoms with E-state index >= 15 is 0 Å². The third-order valence-corrected chi connectivity index (χ3v) is 2.71. The molecule has 18 heavy (non-hydrogen) atoms. The van der Waals surface area contributed by atoms with Crippen LogP contribution >= 0.6 is 0 Å². The lowest BCUT2D eigenvalue weighted by atomic mass is 10.2. The van der Waals surface area contributed by atoms with Crippen molar-refractivity contribution in [1.29, 1.82) is 0 Å². The fourth-order valence-corrected chi connectivity index (χ4v) is 1.73. The van der Waals surface area contributed by atoms with Gasteiger partial charge in [0.05, 0.1) is 19.1 Å². The fraction of sp³-hybridized carbons (Fsp3) is 0.308. The van der Waals surface area contributed by atoms with E-state index in [2.05, 4.69) is 14.9 Å². The normalized spacial score (nSPS) is 10.3. The van der Waals surface area contributed by atoms with Crippen LogP contribution < -0.4 is 15.8 Å². The summed E-state index contributed by atoms with van der Waals surface area (Å²) in [7, 11) is 1.62. The maximum atomic E-state index is 5.76. The zero-order chi connectivity index (χ0) is 12.8. The summed E-state index contributed by atoms with van der Waals surface area (Å²) in [5.41, 5.74) is 7.43. The van der Waals surface area contributed by atoms with Crippen molar-refractivity contribution in [2.75, 3.05) is 24.7 Å². The Hall–Kier alpha value is -2.17. The second-order valence-electron chi connectivity index (χ2n) is 4.04. The number of methoxy groups -OCH3 is 1. The molecule has 0 spiro atoms. The molecule has 0 fully saturated rings. The van der Waals surface area contributed by atoms with Crippen LogP contribution in [-0.4, -0.2) is 23.2 Å². The minimum Gasteiger partial charge on any atom is -0.495 e. The quantitative estimate of drug-likeness (QED) is 0.604. The molecule has 0 aliphatic carbocycles. The van der Waals surface area contributed by atoms with Crippen LogP contribution in [-0.2, 0) is 6.54 Å². The zero-order valence-corrected chi connectivity index (χ0v) is 10.5. The highest BCUT2D eigenvalue weighted by molar-refractivity contribution is 5.61. The number of rotatable bonds is 6. The summed E-state index contributed by atoms with van der Waals surface area (Å²) in [5.74, 6) is 0.703. The molecule has 5 nitrogen and oxygen atoms in total. The Balaban J connectivity index is 1.79. The largest absolute Gasteiger partial charge is 0.495 e. The molecule has 0 aliphatic rings. The Labute approximate surface area is 107 Å². The van der Waals surface area contributed by atoms with Crippen molar-refractivity contribution in [1.82, 2.24) is 9.55 Å². The lowest BCUT2D eigenvalue weighted by Crippen LogP contribution is -2.06. The van der Waals surface area contributed by atoms with Crippen LogP contribution in [0.1, 0.15) is 6.42 Å². The van der Waals surface area contributed by atoms with Crippen LogP contribution in [0.15, 0.2) is 36.9 Å². The average molecular weight is 246 g/mol. The van der Waals surface area contributed by atoms with E-state index in [1.807, 2.05) is 30.7 Å². The summed E-state index contributed by atoms with van der Waals surface area (Å²) >= 11 is 0. The molecular formula is C13H18N4O. The first-order valence-corrected chi connectivity index (χ1v) is 5.92. The van der Waals surface area contributed by atoms with Crippen molar-refractivity contribution in [3.63, 3.8) is 0 Å². The van der Waals surface area contributed by atoms with Gasteiger partial charge < -0.3 is 20.4 Å². The lowest BCUT2D eigenvalue weighted by Gasteiger charge is -2.10. The minimum absolute atomic E-state index is 0.654. The molecule has 1 aromatic heterocycles. The van der Waals surface area contributed by atoms with Gasteiger partial charge in [-0.3, -0.25) is 0 Å². The summed E-state index contributed by atoms with van der Waals surface area (Å²) in [5, 5.41) is 3.34. The number of hydrogen-bond acceptors (Lipinski definition) is 4. The summed E-state index contributed by atoms with van der Waals surface area (Å²) in [4.78, 5) is 4.00. The summed E-state index contributed by atoms with van der Waals surface area (Å²) in [6.45, 7) is 1.85. The molecule has 0 atom stereocenters. The van der Waals surface area contributed by atoms with Gasteiger partial charge in [0.15, 0.2) is 0 Å². The van der Waals surface area contributed by atoms with Crippen LogP contribution in [0.25, 0.3) is 0 Å². The highest BCUT2D eigenvalue weighted by Crippen LogP contribution is 2.24. The SMILES string of the molecule is COc1cc(NCCCn2ccnc2)ccc1N. The standard InChI is InChI=1S/C13H18N4O/c1-18-13-9-11(3-4-12(13)14)16-5-2-7-17-8-6-15-10-17/h3-4,6,8-10,16H,2,5,7,14H2,1H3. The molecule has 1 aromatic carbocycles. The Morgan fingerprint density at radius 1 is 1.44 bits per heavy atom. The number of hydrogen-bond donors (Lipinski definition) is 2. The molecule has 0 bridgehead atoms. The average Bonchev–Trinajstić information content (AvgIpc) is 2.89.